The van der Waals surface area contributed by atoms with Crippen molar-refractivity contribution < 1.29 is 4.74 Å². The third-order valence-corrected chi connectivity index (χ3v) is 5.12. The molecule has 1 fully saturated rings. The van der Waals surface area contributed by atoms with Gasteiger partial charge in [-0.05, 0) is 30.9 Å². The van der Waals surface area contributed by atoms with Crippen molar-refractivity contribution >= 4 is 0 Å². The standard InChI is InChI=1S/C19H23N5O2/c1-26-18-16(15-11-20-21-12-15)7-8-17(22-18)24-10-9-23(19(24)25)13-14-5-3-2-4-6-14/h7-12,14H,2-6,13H2,1H3,(H,20,21). The molecule has 0 spiro atoms. The van der Waals surface area contributed by atoms with E-state index in [-0.39, 0.29) is 5.69 Å². The summed E-state index contributed by atoms with van der Waals surface area (Å²) >= 11 is 0. The third-order valence-electron chi connectivity index (χ3n) is 5.12. The fourth-order valence-corrected chi connectivity index (χ4v) is 3.71. The molecule has 0 unspecified atom stereocenters. The van der Waals surface area contributed by atoms with Crippen LogP contribution < -0.4 is 10.4 Å². The average Bonchev–Trinajstić information content (AvgIpc) is 3.33. The van der Waals surface area contributed by atoms with Crippen LogP contribution in [0.15, 0.2) is 41.7 Å². The maximum absolute atomic E-state index is 12.8. The summed E-state index contributed by atoms with van der Waals surface area (Å²) in [7, 11) is 1.58. The highest BCUT2D eigenvalue weighted by Crippen LogP contribution is 2.28. The van der Waals surface area contributed by atoms with Crippen molar-refractivity contribution in [3.63, 3.8) is 0 Å². The molecule has 3 aromatic heterocycles. The fraction of sp³-hybridized carbons (Fsp3) is 0.421. The topological polar surface area (TPSA) is 77.7 Å². The predicted molar refractivity (Wildman–Crippen MR) is 98.5 cm³/mol. The molecule has 7 heteroatoms. The number of H-pyrrole nitrogens is 1. The number of aromatic amines is 1. The molecule has 1 saturated carbocycles. The van der Waals surface area contributed by atoms with Crippen molar-refractivity contribution in [1.29, 1.82) is 0 Å². The number of pyridine rings is 1. The minimum absolute atomic E-state index is 0.0545. The van der Waals surface area contributed by atoms with Crippen molar-refractivity contribution in [3.8, 4) is 22.8 Å². The van der Waals surface area contributed by atoms with E-state index in [0.717, 1.165) is 17.7 Å². The Morgan fingerprint density at radius 2 is 2.08 bits per heavy atom. The maximum atomic E-state index is 12.8. The fourth-order valence-electron chi connectivity index (χ4n) is 3.71. The molecule has 0 bridgehead atoms. The van der Waals surface area contributed by atoms with Gasteiger partial charge in [0.1, 0.15) is 5.82 Å². The van der Waals surface area contributed by atoms with Gasteiger partial charge in [0.2, 0.25) is 5.88 Å². The van der Waals surface area contributed by atoms with Crippen LogP contribution in [0.4, 0.5) is 0 Å². The van der Waals surface area contributed by atoms with Crippen molar-refractivity contribution in [2.24, 2.45) is 5.92 Å². The zero-order valence-electron chi connectivity index (χ0n) is 14.9. The molecule has 1 N–H and O–H groups in total. The SMILES string of the molecule is COc1nc(-n2ccn(CC3CCCCC3)c2=O)ccc1-c1cn[nH]c1. The number of nitrogens with zero attached hydrogens (tertiary/aromatic N) is 4. The van der Waals surface area contributed by atoms with Crippen LogP contribution in [0.5, 0.6) is 5.88 Å². The summed E-state index contributed by atoms with van der Waals surface area (Å²) in [6.07, 6.45) is 13.4. The molecular formula is C19H23N5O2. The first kappa shape index (κ1) is 16.6. The number of hydrogen-bond donors (Lipinski definition) is 1. The zero-order valence-corrected chi connectivity index (χ0v) is 14.9. The molecule has 4 rings (SSSR count). The quantitative estimate of drug-likeness (QED) is 0.765. The Hall–Kier alpha value is -2.83. The van der Waals surface area contributed by atoms with E-state index < -0.39 is 0 Å². The maximum Gasteiger partial charge on any atom is 0.333 e. The number of rotatable bonds is 5. The summed E-state index contributed by atoms with van der Waals surface area (Å²) in [5.41, 5.74) is 1.67. The zero-order chi connectivity index (χ0) is 17.9. The second kappa shape index (κ2) is 7.19. The van der Waals surface area contributed by atoms with Crippen molar-refractivity contribution in [2.75, 3.05) is 7.11 Å². The van der Waals surface area contributed by atoms with E-state index in [1.807, 2.05) is 18.3 Å². The first-order chi connectivity index (χ1) is 12.8. The molecule has 0 amide bonds. The molecule has 0 saturated heterocycles. The Morgan fingerprint density at radius 3 is 2.81 bits per heavy atom. The normalized spacial score (nSPS) is 15.3. The summed E-state index contributed by atoms with van der Waals surface area (Å²) in [5.74, 6) is 1.63. The Kier molecular flexibility index (Phi) is 4.60. The Bertz CT molecular complexity index is 920. The van der Waals surface area contributed by atoms with Gasteiger partial charge in [-0.15, -0.1) is 0 Å². The van der Waals surface area contributed by atoms with E-state index in [2.05, 4.69) is 15.2 Å². The molecule has 0 atom stereocenters. The van der Waals surface area contributed by atoms with Crippen LogP contribution in [0.2, 0.25) is 0 Å². The van der Waals surface area contributed by atoms with Gasteiger partial charge in [-0.3, -0.25) is 14.2 Å². The second-order valence-electron chi connectivity index (χ2n) is 6.82. The third kappa shape index (κ3) is 3.16. The minimum atomic E-state index is -0.0545. The lowest BCUT2D eigenvalue weighted by atomic mass is 9.89. The van der Waals surface area contributed by atoms with Crippen molar-refractivity contribution in [2.45, 2.75) is 38.6 Å². The van der Waals surface area contributed by atoms with Gasteiger partial charge < -0.3 is 4.74 Å². The Balaban J connectivity index is 1.62. The second-order valence-corrected chi connectivity index (χ2v) is 6.82. The van der Waals surface area contributed by atoms with E-state index in [0.29, 0.717) is 17.6 Å². The first-order valence-corrected chi connectivity index (χ1v) is 9.08. The summed E-state index contributed by atoms with van der Waals surface area (Å²) < 4.78 is 8.80. The summed E-state index contributed by atoms with van der Waals surface area (Å²) in [4.78, 5) is 17.3. The lowest BCUT2D eigenvalue weighted by molar-refractivity contribution is 0.316. The molecule has 1 aliphatic rings. The van der Waals surface area contributed by atoms with E-state index in [1.165, 1.54) is 32.1 Å². The van der Waals surface area contributed by atoms with Crippen LogP contribution in [0.1, 0.15) is 32.1 Å². The minimum Gasteiger partial charge on any atom is -0.480 e. The molecular weight excluding hydrogens is 330 g/mol. The van der Waals surface area contributed by atoms with Gasteiger partial charge in [0.05, 0.1) is 13.3 Å². The van der Waals surface area contributed by atoms with Gasteiger partial charge in [-0.25, -0.2) is 4.79 Å². The van der Waals surface area contributed by atoms with Gasteiger partial charge in [0.15, 0.2) is 0 Å². The van der Waals surface area contributed by atoms with Crippen molar-refractivity contribution in [3.05, 3.63) is 47.4 Å². The number of nitrogens with one attached hydrogen (secondary N) is 1. The smallest absolute Gasteiger partial charge is 0.333 e. The van der Waals surface area contributed by atoms with Gasteiger partial charge in [0, 0.05) is 36.3 Å². The largest absolute Gasteiger partial charge is 0.480 e. The van der Waals surface area contributed by atoms with E-state index in [9.17, 15) is 4.79 Å². The highest BCUT2D eigenvalue weighted by Gasteiger charge is 2.17. The van der Waals surface area contributed by atoms with E-state index >= 15 is 0 Å². The highest BCUT2D eigenvalue weighted by molar-refractivity contribution is 5.67. The molecule has 3 aromatic rings. The van der Waals surface area contributed by atoms with Crippen molar-refractivity contribution in [1.82, 2.24) is 24.3 Å². The lowest BCUT2D eigenvalue weighted by Gasteiger charge is -2.21. The van der Waals surface area contributed by atoms with E-state index in [1.54, 1.807) is 34.8 Å². The molecule has 0 aliphatic heterocycles. The summed E-state index contributed by atoms with van der Waals surface area (Å²) in [6.45, 7) is 0.788. The Morgan fingerprint density at radius 1 is 1.23 bits per heavy atom. The molecule has 3 heterocycles. The number of aromatic nitrogens is 5. The van der Waals surface area contributed by atoms with Crippen LogP contribution in [-0.4, -0.2) is 31.4 Å². The number of methoxy groups -OCH3 is 1. The number of imidazole rings is 1. The van der Waals surface area contributed by atoms with Crippen LogP contribution in [0, 0.1) is 5.92 Å². The van der Waals surface area contributed by atoms with Gasteiger partial charge >= 0.3 is 5.69 Å². The molecule has 7 nitrogen and oxygen atoms in total. The molecule has 0 radical (unpaired) electrons. The van der Waals surface area contributed by atoms with Gasteiger partial charge in [0.25, 0.3) is 0 Å². The summed E-state index contributed by atoms with van der Waals surface area (Å²) in [6, 6.07) is 3.73. The predicted octanol–water partition coefficient (Wildman–Crippen LogP) is 3.01. The van der Waals surface area contributed by atoms with Gasteiger partial charge in [-0.2, -0.15) is 10.1 Å². The average molecular weight is 353 g/mol. The van der Waals surface area contributed by atoms with E-state index in [4.69, 9.17) is 4.74 Å². The Labute approximate surface area is 151 Å². The molecule has 136 valence electrons. The van der Waals surface area contributed by atoms with Crippen LogP contribution >= 0.6 is 0 Å². The molecule has 1 aliphatic carbocycles. The number of hydrogen-bond acceptors (Lipinski definition) is 4. The summed E-state index contributed by atoms with van der Waals surface area (Å²) in [5, 5.41) is 6.75. The van der Waals surface area contributed by atoms with Crippen LogP contribution in [0.3, 0.4) is 0 Å². The molecule has 26 heavy (non-hydrogen) atoms. The highest BCUT2D eigenvalue weighted by atomic mass is 16.5. The number of ether oxygens (including phenoxy) is 1. The van der Waals surface area contributed by atoms with Crippen LogP contribution in [0.25, 0.3) is 16.9 Å². The molecule has 0 aromatic carbocycles. The lowest BCUT2D eigenvalue weighted by Crippen LogP contribution is -2.27. The monoisotopic (exact) mass is 353 g/mol. The van der Waals surface area contributed by atoms with Crippen LogP contribution in [-0.2, 0) is 6.54 Å². The van der Waals surface area contributed by atoms with Gasteiger partial charge in [-0.1, -0.05) is 19.3 Å². The first-order valence-electron chi connectivity index (χ1n) is 9.08.